The highest BCUT2D eigenvalue weighted by molar-refractivity contribution is 7.13. The SMILES string of the molecule is Fc1cc(F)nc(-c2nccs2)c1. The second-order valence-electron chi connectivity index (χ2n) is 2.33. The predicted octanol–water partition coefficient (Wildman–Crippen LogP) is 2.48. The van der Waals surface area contributed by atoms with Crippen LogP contribution in [0, 0.1) is 11.8 Å². The molecule has 0 spiro atoms. The predicted molar refractivity (Wildman–Crippen MR) is 45.3 cm³/mol. The van der Waals surface area contributed by atoms with Crippen molar-refractivity contribution >= 4 is 11.3 Å². The normalized spacial score (nSPS) is 10.3. The van der Waals surface area contributed by atoms with Crippen LogP contribution in [0.2, 0.25) is 0 Å². The minimum Gasteiger partial charge on any atom is -0.243 e. The van der Waals surface area contributed by atoms with Crippen molar-refractivity contribution in [3.05, 3.63) is 35.5 Å². The van der Waals surface area contributed by atoms with E-state index in [0.717, 1.165) is 12.1 Å². The second-order valence-corrected chi connectivity index (χ2v) is 3.23. The maximum absolute atomic E-state index is 12.7. The van der Waals surface area contributed by atoms with Crippen molar-refractivity contribution in [3.8, 4) is 10.7 Å². The number of hydrogen-bond acceptors (Lipinski definition) is 3. The van der Waals surface area contributed by atoms with E-state index in [-0.39, 0.29) is 5.69 Å². The van der Waals surface area contributed by atoms with Gasteiger partial charge in [0.25, 0.3) is 0 Å². The molecule has 13 heavy (non-hydrogen) atoms. The number of aromatic nitrogens is 2. The maximum atomic E-state index is 12.7. The van der Waals surface area contributed by atoms with Crippen molar-refractivity contribution in [1.29, 1.82) is 0 Å². The van der Waals surface area contributed by atoms with Gasteiger partial charge in [0.15, 0.2) is 0 Å². The second kappa shape index (κ2) is 3.18. The number of hydrogen-bond donors (Lipinski definition) is 0. The van der Waals surface area contributed by atoms with Crippen LogP contribution in [0.5, 0.6) is 0 Å². The zero-order chi connectivity index (χ0) is 9.26. The van der Waals surface area contributed by atoms with Crippen molar-refractivity contribution in [3.63, 3.8) is 0 Å². The van der Waals surface area contributed by atoms with Crippen LogP contribution >= 0.6 is 11.3 Å². The minimum absolute atomic E-state index is 0.229. The summed E-state index contributed by atoms with van der Waals surface area (Å²) < 4.78 is 25.4. The molecular weight excluding hydrogens is 194 g/mol. The molecule has 0 aliphatic carbocycles. The fourth-order valence-electron chi connectivity index (χ4n) is 0.925. The monoisotopic (exact) mass is 198 g/mol. The first-order valence-electron chi connectivity index (χ1n) is 3.48. The van der Waals surface area contributed by atoms with Crippen molar-refractivity contribution in [2.75, 3.05) is 0 Å². The summed E-state index contributed by atoms with van der Waals surface area (Å²) in [6, 6.07) is 1.89. The van der Waals surface area contributed by atoms with E-state index in [9.17, 15) is 8.78 Å². The van der Waals surface area contributed by atoms with Gasteiger partial charge in [0.05, 0.1) is 0 Å². The molecule has 2 aromatic rings. The Kier molecular flexibility index (Phi) is 2.02. The number of pyridine rings is 1. The lowest BCUT2D eigenvalue weighted by Crippen LogP contribution is -1.89. The number of halogens is 2. The molecule has 0 aliphatic rings. The molecule has 0 amide bonds. The molecule has 2 heterocycles. The summed E-state index contributed by atoms with van der Waals surface area (Å²) >= 11 is 1.29. The van der Waals surface area contributed by atoms with Gasteiger partial charge in [-0.25, -0.2) is 14.4 Å². The fraction of sp³-hybridized carbons (Fsp3) is 0. The van der Waals surface area contributed by atoms with Gasteiger partial charge in [0.2, 0.25) is 5.95 Å². The van der Waals surface area contributed by atoms with Crippen LogP contribution in [0.25, 0.3) is 10.7 Å². The Balaban J connectivity index is 2.53. The Bertz CT molecular complexity index is 394. The molecule has 2 nitrogen and oxygen atoms in total. The molecule has 5 heteroatoms. The summed E-state index contributed by atoms with van der Waals surface area (Å²) in [5, 5.41) is 2.23. The van der Waals surface area contributed by atoms with Gasteiger partial charge in [-0.1, -0.05) is 0 Å². The Hall–Kier alpha value is -1.36. The molecule has 0 N–H and O–H groups in total. The maximum Gasteiger partial charge on any atom is 0.216 e. The lowest BCUT2D eigenvalue weighted by molar-refractivity contribution is 0.554. The zero-order valence-electron chi connectivity index (χ0n) is 6.37. The molecule has 0 bridgehead atoms. The summed E-state index contributed by atoms with van der Waals surface area (Å²) in [5.41, 5.74) is 0.229. The third-order valence-electron chi connectivity index (χ3n) is 1.41. The highest BCUT2D eigenvalue weighted by Gasteiger charge is 2.06. The van der Waals surface area contributed by atoms with E-state index in [1.165, 1.54) is 11.3 Å². The van der Waals surface area contributed by atoms with Crippen LogP contribution < -0.4 is 0 Å². The van der Waals surface area contributed by atoms with Crippen molar-refractivity contribution in [2.24, 2.45) is 0 Å². The molecule has 0 saturated heterocycles. The van der Waals surface area contributed by atoms with Crippen LogP contribution in [-0.4, -0.2) is 9.97 Å². The third kappa shape index (κ3) is 1.70. The topological polar surface area (TPSA) is 25.8 Å². The summed E-state index contributed by atoms with van der Waals surface area (Å²) in [7, 11) is 0. The molecule has 0 aromatic carbocycles. The molecule has 0 radical (unpaired) electrons. The van der Waals surface area contributed by atoms with Gasteiger partial charge in [-0.05, 0) is 0 Å². The molecule has 0 atom stereocenters. The Morgan fingerprint density at radius 1 is 1.23 bits per heavy atom. The van der Waals surface area contributed by atoms with Gasteiger partial charge in [-0.3, -0.25) is 0 Å². The molecule has 0 saturated carbocycles. The largest absolute Gasteiger partial charge is 0.243 e. The van der Waals surface area contributed by atoms with E-state index < -0.39 is 11.8 Å². The summed E-state index contributed by atoms with van der Waals surface area (Å²) in [6.45, 7) is 0. The van der Waals surface area contributed by atoms with Gasteiger partial charge in [-0.15, -0.1) is 11.3 Å². The lowest BCUT2D eigenvalue weighted by Gasteiger charge is -1.95. The van der Waals surface area contributed by atoms with Crippen LogP contribution in [0.1, 0.15) is 0 Å². The van der Waals surface area contributed by atoms with Gasteiger partial charge >= 0.3 is 0 Å². The fourth-order valence-corrected chi connectivity index (χ4v) is 1.52. The number of nitrogens with zero attached hydrogens (tertiary/aromatic N) is 2. The first-order chi connectivity index (χ1) is 6.25. The van der Waals surface area contributed by atoms with Crippen molar-refractivity contribution in [1.82, 2.24) is 9.97 Å². The van der Waals surface area contributed by atoms with Gasteiger partial charge in [-0.2, -0.15) is 4.39 Å². The standard InChI is InChI=1S/C8H4F2N2S/c9-5-3-6(12-7(10)4-5)8-11-1-2-13-8/h1-4H. The van der Waals surface area contributed by atoms with E-state index in [4.69, 9.17) is 0 Å². The highest BCUT2D eigenvalue weighted by atomic mass is 32.1. The average Bonchev–Trinajstić information content (AvgIpc) is 2.53. The molecule has 2 rings (SSSR count). The molecular formula is C8H4F2N2S. The van der Waals surface area contributed by atoms with Gasteiger partial charge < -0.3 is 0 Å². The van der Waals surface area contributed by atoms with Gasteiger partial charge in [0.1, 0.15) is 16.5 Å². The molecule has 0 aliphatic heterocycles. The molecule has 66 valence electrons. The van der Waals surface area contributed by atoms with Gasteiger partial charge in [0, 0.05) is 23.7 Å². The highest BCUT2D eigenvalue weighted by Crippen LogP contribution is 2.20. The first-order valence-corrected chi connectivity index (χ1v) is 4.36. The van der Waals surface area contributed by atoms with Crippen LogP contribution in [-0.2, 0) is 0 Å². The zero-order valence-corrected chi connectivity index (χ0v) is 7.18. The Labute approximate surface area is 76.9 Å². The van der Waals surface area contributed by atoms with E-state index in [0.29, 0.717) is 5.01 Å². The quantitative estimate of drug-likeness (QED) is 0.658. The summed E-state index contributed by atoms with van der Waals surface area (Å²) in [4.78, 5) is 7.41. The third-order valence-corrected chi connectivity index (χ3v) is 2.21. The van der Waals surface area contributed by atoms with E-state index in [1.54, 1.807) is 11.6 Å². The van der Waals surface area contributed by atoms with Crippen LogP contribution in [0.4, 0.5) is 8.78 Å². The van der Waals surface area contributed by atoms with E-state index in [1.807, 2.05) is 0 Å². The number of thiazole rings is 1. The smallest absolute Gasteiger partial charge is 0.216 e. The molecule has 0 unspecified atom stereocenters. The van der Waals surface area contributed by atoms with E-state index in [2.05, 4.69) is 9.97 Å². The van der Waals surface area contributed by atoms with Crippen molar-refractivity contribution < 1.29 is 8.78 Å². The van der Waals surface area contributed by atoms with Crippen molar-refractivity contribution in [2.45, 2.75) is 0 Å². The lowest BCUT2D eigenvalue weighted by atomic mass is 10.3. The number of rotatable bonds is 1. The summed E-state index contributed by atoms with van der Waals surface area (Å²) in [6.07, 6.45) is 1.56. The van der Waals surface area contributed by atoms with E-state index >= 15 is 0 Å². The molecule has 0 fully saturated rings. The van der Waals surface area contributed by atoms with Crippen LogP contribution in [0.15, 0.2) is 23.7 Å². The molecule has 2 aromatic heterocycles. The minimum atomic E-state index is -0.829. The summed E-state index contributed by atoms with van der Waals surface area (Å²) in [5.74, 6) is -1.47. The Morgan fingerprint density at radius 2 is 2.08 bits per heavy atom. The first kappa shape index (κ1) is 8.25. The Morgan fingerprint density at radius 3 is 2.69 bits per heavy atom. The van der Waals surface area contributed by atoms with Crippen LogP contribution in [0.3, 0.4) is 0 Å². The average molecular weight is 198 g/mol.